The van der Waals surface area contributed by atoms with E-state index >= 15 is 0 Å². The molecule has 0 unspecified atom stereocenters. The molecule has 0 fully saturated rings. The Balaban J connectivity index is 5.75. The summed E-state index contributed by atoms with van der Waals surface area (Å²) in [5, 5.41) is 11.3. The Morgan fingerprint density at radius 2 is 1.67 bits per heavy atom. The van der Waals surface area contributed by atoms with Crippen LogP contribution in [0.25, 0.3) is 0 Å². The van der Waals surface area contributed by atoms with Gasteiger partial charge < -0.3 is 14.3 Å². The summed E-state index contributed by atoms with van der Waals surface area (Å²) in [4.78, 5) is 12.0. The summed E-state index contributed by atoms with van der Waals surface area (Å²) < 4.78 is 11.9. The predicted molar refractivity (Wildman–Crippen MR) is 130 cm³/mol. The van der Waals surface area contributed by atoms with E-state index in [4.69, 9.17) is 9.16 Å². The molecule has 0 aliphatic heterocycles. The van der Waals surface area contributed by atoms with E-state index in [0.29, 0.717) is 12.2 Å². The van der Waals surface area contributed by atoms with Crippen molar-refractivity contribution in [3.05, 3.63) is 23.3 Å². The summed E-state index contributed by atoms with van der Waals surface area (Å²) in [6, 6.07) is 0. The van der Waals surface area contributed by atoms with E-state index in [2.05, 4.69) is 67.6 Å². The average molecular weight is 441 g/mol. The van der Waals surface area contributed by atoms with E-state index < -0.39 is 14.4 Å². The Morgan fingerprint density at radius 3 is 2.10 bits per heavy atom. The van der Waals surface area contributed by atoms with Gasteiger partial charge in [0.15, 0.2) is 8.32 Å². The van der Waals surface area contributed by atoms with Gasteiger partial charge in [0, 0.05) is 17.4 Å². The second kappa shape index (κ2) is 12.2. The molecule has 5 heteroatoms. The molecule has 0 bridgehead atoms. The van der Waals surface area contributed by atoms with Crippen LogP contribution in [0.2, 0.25) is 18.1 Å². The van der Waals surface area contributed by atoms with E-state index in [1.54, 1.807) is 13.8 Å². The van der Waals surface area contributed by atoms with Gasteiger partial charge in [0.1, 0.15) is 0 Å². The fraction of sp³-hybridized carbons (Fsp3) is 0.800. The highest BCUT2D eigenvalue weighted by Crippen LogP contribution is 2.40. The first kappa shape index (κ1) is 29.1. The second-order valence-corrected chi connectivity index (χ2v) is 15.2. The Kier molecular flexibility index (Phi) is 11.8. The molecule has 0 saturated heterocycles. The highest BCUT2D eigenvalue weighted by molar-refractivity contribution is 6.74. The summed E-state index contributed by atoms with van der Waals surface area (Å²) >= 11 is 0. The number of carbonyl (C=O) groups excluding carboxylic acids is 1. The Morgan fingerprint density at radius 1 is 1.13 bits per heavy atom. The van der Waals surface area contributed by atoms with Gasteiger partial charge in [-0.2, -0.15) is 0 Å². The zero-order valence-electron chi connectivity index (χ0n) is 21.6. The number of hydrogen-bond donors (Lipinski definition) is 1. The molecule has 0 aromatic rings. The zero-order chi connectivity index (χ0) is 23.9. The van der Waals surface area contributed by atoms with Crippen LogP contribution in [0.5, 0.6) is 0 Å². The minimum atomic E-state index is -2.02. The molecule has 4 nitrogen and oxygen atoms in total. The van der Waals surface area contributed by atoms with Gasteiger partial charge >= 0.3 is 5.97 Å². The van der Waals surface area contributed by atoms with Gasteiger partial charge in [0.05, 0.1) is 18.8 Å². The number of allylic oxidation sites excluding steroid dienone is 2. The number of carbonyl (C=O) groups is 1. The third-order valence-corrected chi connectivity index (χ3v) is 11.1. The van der Waals surface area contributed by atoms with Crippen molar-refractivity contribution < 1.29 is 19.1 Å². The van der Waals surface area contributed by atoms with Crippen molar-refractivity contribution in [3.8, 4) is 0 Å². The van der Waals surface area contributed by atoms with Gasteiger partial charge in [-0.1, -0.05) is 59.3 Å². The number of rotatable bonds is 11. The van der Waals surface area contributed by atoms with Crippen molar-refractivity contribution in [3.63, 3.8) is 0 Å². The lowest BCUT2D eigenvalue weighted by atomic mass is 9.82. The molecule has 5 atom stereocenters. The highest BCUT2D eigenvalue weighted by Gasteiger charge is 2.43. The van der Waals surface area contributed by atoms with Gasteiger partial charge in [-0.25, -0.2) is 4.79 Å². The molecule has 0 aliphatic carbocycles. The molecule has 0 rings (SSSR count). The zero-order valence-corrected chi connectivity index (χ0v) is 22.6. The van der Waals surface area contributed by atoms with Gasteiger partial charge in [0.2, 0.25) is 0 Å². The molecular formula is C25H48O4Si. The number of aliphatic hydroxyl groups is 1. The maximum Gasteiger partial charge on any atom is 0.333 e. The monoisotopic (exact) mass is 440 g/mol. The van der Waals surface area contributed by atoms with Crippen molar-refractivity contribution in [2.75, 3.05) is 6.61 Å². The van der Waals surface area contributed by atoms with E-state index in [1.165, 1.54) is 5.57 Å². The lowest BCUT2D eigenvalue weighted by molar-refractivity contribution is -0.138. The first-order chi connectivity index (χ1) is 13.6. The number of aliphatic hydroxyl groups excluding tert-OH is 1. The SMILES string of the molecule is C/C=C(\C)C[C@H](C)[C@@H](O[Si](C)(C)C(C)(C)C)[C@H](C)[C@@H](O)[C@H](C)/C=C(\C)C(=O)OCC. The summed E-state index contributed by atoms with van der Waals surface area (Å²) in [6.45, 7) is 25.6. The third kappa shape index (κ3) is 8.68. The average Bonchev–Trinajstić information content (AvgIpc) is 2.63. The van der Waals surface area contributed by atoms with Crippen LogP contribution < -0.4 is 0 Å². The summed E-state index contributed by atoms with van der Waals surface area (Å²) in [5.41, 5.74) is 1.87. The fourth-order valence-corrected chi connectivity index (χ4v) is 4.96. The smallest absolute Gasteiger partial charge is 0.333 e. The molecule has 0 saturated carbocycles. The molecule has 30 heavy (non-hydrogen) atoms. The normalized spacial score (nSPS) is 19.1. The molecule has 0 aromatic heterocycles. The molecule has 0 spiro atoms. The van der Waals surface area contributed by atoms with Gasteiger partial charge in [0.25, 0.3) is 0 Å². The van der Waals surface area contributed by atoms with Crippen molar-refractivity contribution >= 4 is 14.3 Å². The molecule has 176 valence electrons. The topological polar surface area (TPSA) is 55.8 Å². The Hall–Kier alpha value is -0.913. The number of hydrogen-bond acceptors (Lipinski definition) is 4. The van der Waals surface area contributed by atoms with Gasteiger partial charge in [-0.05, 0) is 58.2 Å². The molecular weight excluding hydrogens is 392 g/mol. The summed E-state index contributed by atoms with van der Waals surface area (Å²) in [5.74, 6) is -0.289. The van der Waals surface area contributed by atoms with E-state index in [0.717, 1.165) is 6.42 Å². The molecule has 1 N–H and O–H groups in total. The largest absolute Gasteiger partial charge is 0.463 e. The van der Waals surface area contributed by atoms with Crippen LogP contribution in [-0.2, 0) is 14.0 Å². The Bertz CT molecular complexity index is 601. The van der Waals surface area contributed by atoms with Gasteiger partial charge in [-0.3, -0.25) is 0 Å². The fourth-order valence-electron chi connectivity index (χ4n) is 3.48. The molecule has 0 aromatic carbocycles. The van der Waals surface area contributed by atoms with Crippen molar-refractivity contribution in [1.29, 1.82) is 0 Å². The number of ether oxygens (including phenoxy) is 1. The van der Waals surface area contributed by atoms with Crippen LogP contribution in [0.4, 0.5) is 0 Å². The highest BCUT2D eigenvalue weighted by atomic mass is 28.4. The quantitative estimate of drug-likeness (QED) is 0.172. The van der Waals surface area contributed by atoms with Crippen LogP contribution in [0.1, 0.15) is 75.7 Å². The van der Waals surface area contributed by atoms with E-state index in [-0.39, 0.29) is 34.9 Å². The Labute approximate surface area is 187 Å². The maximum absolute atomic E-state index is 12.0. The third-order valence-electron chi connectivity index (χ3n) is 6.64. The van der Waals surface area contributed by atoms with Crippen molar-refractivity contribution in [1.82, 2.24) is 0 Å². The van der Waals surface area contributed by atoms with Crippen molar-refractivity contribution in [2.24, 2.45) is 17.8 Å². The van der Waals surface area contributed by atoms with Crippen LogP contribution in [0.15, 0.2) is 23.3 Å². The maximum atomic E-state index is 12.0. The van der Waals surface area contributed by atoms with E-state index in [1.807, 2.05) is 13.0 Å². The number of esters is 1. The predicted octanol–water partition coefficient (Wildman–Crippen LogP) is 6.51. The standard InChI is InChI=1S/C25H48O4Si/c1-13-17(3)15-19(5)23(29-30(11,12)25(8,9)10)21(7)22(26)18(4)16-20(6)24(27)28-14-2/h13,16,18-19,21-23,26H,14-15H2,1-12H3/b17-13+,20-16+/t18-,19+,21-,22+,23-/m1/s1. The first-order valence-corrected chi connectivity index (χ1v) is 14.3. The van der Waals surface area contributed by atoms with Crippen LogP contribution in [-0.4, -0.2) is 38.2 Å². The first-order valence-electron chi connectivity index (χ1n) is 11.4. The molecule has 0 radical (unpaired) electrons. The second-order valence-electron chi connectivity index (χ2n) is 10.4. The molecule has 0 heterocycles. The lowest BCUT2D eigenvalue weighted by Crippen LogP contribution is -2.49. The van der Waals surface area contributed by atoms with E-state index in [9.17, 15) is 9.90 Å². The molecule has 0 amide bonds. The van der Waals surface area contributed by atoms with Crippen LogP contribution in [0, 0.1) is 17.8 Å². The van der Waals surface area contributed by atoms with Gasteiger partial charge in [-0.15, -0.1) is 0 Å². The molecule has 0 aliphatic rings. The minimum Gasteiger partial charge on any atom is -0.463 e. The minimum absolute atomic E-state index is 0.0606. The lowest BCUT2D eigenvalue weighted by Gasteiger charge is -2.44. The summed E-state index contributed by atoms with van der Waals surface area (Å²) in [6.07, 6.45) is 4.24. The van der Waals surface area contributed by atoms with Crippen LogP contribution in [0.3, 0.4) is 0 Å². The summed E-state index contributed by atoms with van der Waals surface area (Å²) in [7, 11) is -2.02. The van der Waals surface area contributed by atoms with Crippen molar-refractivity contribution in [2.45, 2.75) is 106 Å². The van der Waals surface area contributed by atoms with Crippen LogP contribution >= 0.6 is 0 Å².